The van der Waals surface area contributed by atoms with Crippen LogP contribution in [0.15, 0.2) is 22.7 Å². The van der Waals surface area contributed by atoms with Gasteiger partial charge >= 0.3 is 0 Å². The zero-order valence-electron chi connectivity index (χ0n) is 11.8. The molecule has 2 nitrogen and oxygen atoms in total. The summed E-state index contributed by atoms with van der Waals surface area (Å²) in [6.07, 6.45) is 6.52. The van der Waals surface area contributed by atoms with Gasteiger partial charge in [0.15, 0.2) is 0 Å². The standard InChI is InChI=1S/C16H24BrNO/c1-13-15(17)8-4-9-16(13)19-11-3-2-6-14-7-5-10-18-12-14/h4,8-9,14,18H,2-3,5-7,10-12H2,1H3. The summed E-state index contributed by atoms with van der Waals surface area (Å²) in [7, 11) is 0. The van der Waals surface area contributed by atoms with Gasteiger partial charge in [0.2, 0.25) is 0 Å². The van der Waals surface area contributed by atoms with Gasteiger partial charge in [0.1, 0.15) is 5.75 Å². The summed E-state index contributed by atoms with van der Waals surface area (Å²) >= 11 is 3.53. The van der Waals surface area contributed by atoms with Crippen molar-refractivity contribution in [1.29, 1.82) is 0 Å². The third-order valence-corrected chi connectivity index (χ3v) is 4.74. The molecule has 3 heteroatoms. The predicted octanol–water partition coefficient (Wildman–Crippen LogP) is 4.31. The van der Waals surface area contributed by atoms with Crippen molar-refractivity contribution in [2.24, 2.45) is 5.92 Å². The van der Waals surface area contributed by atoms with Crippen LogP contribution < -0.4 is 10.1 Å². The van der Waals surface area contributed by atoms with Gasteiger partial charge in [-0.05, 0) is 70.2 Å². The Morgan fingerprint density at radius 3 is 3.05 bits per heavy atom. The first kappa shape index (κ1) is 14.9. The molecule has 0 aromatic heterocycles. The molecule has 106 valence electrons. The lowest BCUT2D eigenvalue weighted by molar-refractivity contribution is 0.287. The first-order valence-electron chi connectivity index (χ1n) is 7.36. The SMILES string of the molecule is Cc1c(Br)cccc1OCCCCC1CCCNC1. The first-order chi connectivity index (χ1) is 9.27. The van der Waals surface area contributed by atoms with E-state index in [2.05, 4.69) is 34.2 Å². The highest BCUT2D eigenvalue weighted by Gasteiger charge is 2.12. The summed E-state index contributed by atoms with van der Waals surface area (Å²) in [5, 5.41) is 3.48. The molecular weight excluding hydrogens is 302 g/mol. The minimum Gasteiger partial charge on any atom is -0.493 e. The highest BCUT2D eigenvalue weighted by atomic mass is 79.9. The molecule has 1 N–H and O–H groups in total. The predicted molar refractivity (Wildman–Crippen MR) is 83.8 cm³/mol. The maximum absolute atomic E-state index is 5.86. The Hall–Kier alpha value is -0.540. The number of hydrogen-bond donors (Lipinski definition) is 1. The molecular formula is C16H24BrNO. The van der Waals surface area contributed by atoms with Gasteiger partial charge in [0, 0.05) is 10.0 Å². The lowest BCUT2D eigenvalue weighted by Gasteiger charge is -2.22. The Morgan fingerprint density at radius 2 is 2.26 bits per heavy atom. The van der Waals surface area contributed by atoms with E-state index >= 15 is 0 Å². The Balaban J connectivity index is 1.62. The van der Waals surface area contributed by atoms with Crippen LogP contribution in [-0.2, 0) is 0 Å². The number of hydrogen-bond acceptors (Lipinski definition) is 2. The highest BCUT2D eigenvalue weighted by Crippen LogP contribution is 2.25. The van der Waals surface area contributed by atoms with Crippen LogP contribution in [0, 0.1) is 12.8 Å². The summed E-state index contributed by atoms with van der Waals surface area (Å²) in [4.78, 5) is 0. The number of halogens is 1. The summed E-state index contributed by atoms with van der Waals surface area (Å²) in [5.74, 6) is 1.90. The van der Waals surface area contributed by atoms with E-state index in [1.54, 1.807) is 0 Å². The summed E-state index contributed by atoms with van der Waals surface area (Å²) in [5.41, 5.74) is 1.19. The molecule has 0 saturated carbocycles. The Bertz CT molecular complexity index is 388. The van der Waals surface area contributed by atoms with Crippen LogP contribution in [-0.4, -0.2) is 19.7 Å². The average Bonchev–Trinajstić information content (AvgIpc) is 2.44. The molecule has 0 aliphatic carbocycles. The van der Waals surface area contributed by atoms with E-state index in [9.17, 15) is 0 Å². The van der Waals surface area contributed by atoms with Gasteiger partial charge in [-0.15, -0.1) is 0 Å². The quantitative estimate of drug-likeness (QED) is 0.787. The third-order valence-electron chi connectivity index (χ3n) is 3.88. The van der Waals surface area contributed by atoms with Gasteiger partial charge in [0.25, 0.3) is 0 Å². The average molecular weight is 326 g/mol. The van der Waals surface area contributed by atoms with Crippen molar-refractivity contribution in [3.8, 4) is 5.75 Å². The van der Waals surface area contributed by atoms with Crippen molar-refractivity contribution >= 4 is 15.9 Å². The van der Waals surface area contributed by atoms with Gasteiger partial charge in [-0.2, -0.15) is 0 Å². The zero-order valence-corrected chi connectivity index (χ0v) is 13.3. The van der Waals surface area contributed by atoms with E-state index in [0.29, 0.717) is 0 Å². The molecule has 1 saturated heterocycles. The van der Waals surface area contributed by atoms with Crippen molar-refractivity contribution in [3.63, 3.8) is 0 Å². The van der Waals surface area contributed by atoms with E-state index in [4.69, 9.17) is 4.74 Å². The molecule has 1 aliphatic rings. The van der Waals surface area contributed by atoms with Crippen LogP contribution in [0.3, 0.4) is 0 Å². The van der Waals surface area contributed by atoms with Gasteiger partial charge in [-0.3, -0.25) is 0 Å². The second-order valence-corrected chi connectivity index (χ2v) is 6.27. The molecule has 19 heavy (non-hydrogen) atoms. The second kappa shape index (κ2) is 7.91. The number of ether oxygens (including phenoxy) is 1. The molecule has 0 bridgehead atoms. The lowest BCUT2D eigenvalue weighted by atomic mass is 9.94. The molecule has 1 aromatic carbocycles. The van der Waals surface area contributed by atoms with Gasteiger partial charge in [0.05, 0.1) is 6.61 Å². The number of unbranched alkanes of at least 4 members (excludes halogenated alkanes) is 1. The third kappa shape index (κ3) is 4.81. The second-order valence-electron chi connectivity index (χ2n) is 5.42. The van der Waals surface area contributed by atoms with Crippen LogP contribution in [0.1, 0.15) is 37.7 Å². The Kier molecular flexibility index (Phi) is 6.18. The van der Waals surface area contributed by atoms with E-state index in [1.165, 1.54) is 44.3 Å². The topological polar surface area (TPSA) is 21.3 Å². The summed E-state index contributed by atoms with van der Waals surface area (Å²) < 4.78 is 6.98. The maximum atomic E-state index is 5.86. The molecule has 1 aromatic rings. The van der Waals surface area contributed by atoms with Crippen molar-refractivity contribution < 1.29 is 4.74 Å². The van der Waals surface area contributed by atoms with E-state index in [1.807, 2.05) is 12.1 Å². The summed E-state index contributed by atoms with van der Waals surface area (Å²) in [6, 6.07) is 6.13. The van der Waals surface area contributed by atoms with E-state index in [0.717, 1.165) is 29.2 Å². The number of piperidine rings is 1. The maximum Gasteiger partial charge on any atom is 0.123 e. The molecule has 1 unspecified atom stereocenters. The molecule has 1 aliphatic heterocycles. The zero-order chi connectivity index (χ0) is 13.5. The van der Waals surface area contributed by atoms with Crippen LogP contribution in [0.2, 0.25) is 0 Å². The Morgan fingerprint density at radius 1 is 1.37 bits per heavy atom. The molecule has 0 radical (unpaired) electrons. The minimum atomic E-state index is 0.831. The van der Waals surface area contributed by atoms with Crippen molar-refractivity contribution in [3.05, 3.63) is 28.2 Å². The van der Waals surface area contributed by atoms with Crippen LogP contribution >= 0.6 is 15.9 Å². The minimum absolute atomic E-state index is 0.831. The normalized spacial score (nSPS) is 19.4. The molecule has 0 amide bonds. The van der Waals surface area contributed by atoms with Gasteiger partial charge in [-0.25, -0.2) is 0 Å². The highest BCUT2D eigenvalue weighted by molar-refractivity contribution is 9.10. The van der Waals surface area contributed by atoms with Crippen molar-refractivity contribution in [2.75, 3.05) is 19.7 Å². The van der Waals surface area contributed by atoms with E-state index < -0.39 is 0 Å². The monoisotopic (exact) mass is 325 g/mol. The lowest BCUT2D eigenvalue weighted by Crippen LogP contribution is -2.29. The number of rotatable bonds is 6. The molecule has 0 spiro atoms. The largest absolute Gasteiger partial charge is 0.493 e. The fourth-order valence-electron chi connectivity index (χ4n) is 2.63. The van der Waals surface area contributed by atoms with Gasteiger partial charge in [-0.1, -0.05) is 22.0 Å². The smallest absolute Gasteiger partial charge is 0.123 e. The molecule has 1 heterocycles. The van der Waals surface area contributed by atoms with Crippen LogP contribution in [0.5, 0.6) is 5.75 Å². The molecule has 2 rings (SSSR count). The Labute approximate surface area is 125 Å². The number of nitrogens with one attached hydrogen (secondary N) is 1. The van der Waals surface area contributed by atoms with Crippen LogP contribution in [0.4, 0.5) is 0 Å². The summed E-state index contributed by atoms with van der Waals surface area (Å²) in [6.45, 7) is 5.35. The fourth-order valence-corrected chi connectivity index (χ4v) is 2.98. The van der Waals surface area contributed by atoms with Gasteiger partial charge < -0.3 is 10.1 Å². The van der Waals surface area contributed by atoms with Crippen molar-refractivity contribution in [1.82, 2.24) is 5.32 Å². The fraction of sp³-hybridized carbons (Fsp3) is 0.625. The van der Waals surface area contributed by atoms with Crippen LogP contribution in [0.25, 0.3) is 0 Å². The van der Waals surface area contributed by atoms with Crippen molar-refractivity contribution in [2.45, 2.75) is 39.0 Å². The van der Waals surface area contributed by atoms with E-state index in [-0.39, 0.29) is 0 Å². The molecule has 1 fully saturated rings. The number of benzene rings is 1. The first-order valence-corrected chi connectivity index (χ1v) is 8.15. The molecule has 1 atom stereocenters.